The zero-order valence-electron chi connectivity index (χ0n) is 11.7. The lowest BCUT2D eigenvalue weighted by molar-refractivity contribution is 0.476. The highest BCUT2D eigenvalue weighted by Gasteiger charge is 2.13. The van der Waals surface area contributed by atoms with Crippen LogP contribution in [0.5, 0.6) is 0 Å². The van der Waals surface area contributed by atoms with Gasteiger partial charge in [0.1, 0.15) is 5.65 Å². The SMILES string of the molecule is O=c1cc(CNCCC2CCCC2)nc2ccccn12. The molecule has 3 rings (SSSR count). The summed E-state index contributed by atoms with van der Waals surface area (Å²) in [5, 5.41) is 3.41. The van der Waals surface area contributed by atoms with Gasteiger partial charge in [-0.3, -0.25) is 9.20 Å². The molecular weight excluding hydrogens is 250 g/mol. The molecule has 0 aromatic carbocycles. The first-order chi connectivity index (χ1) is 9.83. The molecule has 0 unspecified atom stereocenters. The molecule has 4 nitrogen and oxygen atoms in total. The van der Waals surface area contributed by atoms with Crippen molar-refractivity contribution >= 4 is 5.65 Å². The fourth-order valence-corrected chi connectivity index (χ4v) is 3.02. The Bertz CT molecular complexity index is 629. The molecule has 2 aromatic heterocycles. The molecule has 4 heteroatoms. The fraction of sp³-hybridized carbons (Fsp3) is 0.500. The maximum Gasteiger partial charge on any atom is 0.258 e. The second-order valence-electron chi connectivity index (χ2n) is 5.63. The summed E-state index contributed by atoms with van der Waals surface area (Å²) in [4.78, 5) is 16.4. The minimum absolute atomic E-state index is 0.0109. The smallest absolute Gasteiger partial charge is 0.258 e. The lowest BCUT2D eigenvalue weighted by Crippen LogP contribution is -2.21. The molecule has 0 radical (unpaired) electrons. The second-order valence-corrected chi connectivity index (χ2v) is 5.63. The first-order valence-electron chi connectivity index (χ1n) is 7.51. The molecule has 2 heterocycles. The monoisotopic (exact) mass is 271 g/mol. The number of hydrogen-bond acceptors (Lipinski definition) is 3. The van der Waals surface area contributed by atoms with E-state index in [0.29, 0.717) is 12.2 Å². The molecule has 1 saturated carbocycles. The average molecular weight is 271 g/mol. The van der Waals surface area contributed by atoms with Gasteiger partial charge in [0.25, 0.3) is 5.56 Å². The van der Waals surface area contributed by atoms with Crippen LogP contribution in [-0.4, -0.2) is 15.9 Å². The summed E-state index contributed by atoms with van der Waals surface area (Å²) >= 11 is 0. The highest BCUT2D eigenvalue weighted by atomic mass is 16.1. The minimum Gasteiger partial charge on any atom is -0.311 e. The first-order valence-corrected chi connectivity index (χ1v) is 7.51. The van der Waals surface area contributed by atoms with Crippen LogP contribution in [0.4, 0.5) is 0 Å². The Balaban J connectivity index is 1.58. The maximum atomic E-state index is 11.9. The van der Waals surface area contributed by atoms with E-state index in [-0.39, 0.29) is 5.56 Å². The summed E-state index contributed by atoms with van der Waals surface area (Å²) in [5.74, 6) is 0.901. The zero-order chi connectivity index (χ0) is 13.8. The number of rotatable bonds is 5. The van der Waals surface area contributed by atoms with Crippen molar-refractivity contribution in [2.24, 2.45) is 5.92 Å². The van der Waals surface area contributed by atoms with E-state index in [4.69, 9.17) is 0 Å². The van der Waals surface area contributed by atoms with E-state index in [1.165, 1.54) is 32.1 Å². The molecule has 0 spiro atoms. The van der Waals surface area contributed by atoms with E-state index in [0.717, 1.165) is 18.2 Å². The van der Waals surface area contributed by atoms with Gasteiger partial charge in [-0.1, -0.05) is 31.7 Å². The van der Waals surface area contributed by atoms with Crippen LogP contribution in [0.15, 0.2) is 35.3 Å². The zero-order valence-corrected chi connectivity index (χ0v) is 11.7. The van der Waals surface area contributed by atoms with E-state index in [1.54, 1.807) is 16.7 Å². The van der Waals surface area contributed by atoms with Gasteiger partial charge in [-0.25, -0.2) is 4.98 Å². The quantitative estimate of drug-likeness (QED) is 0.849. The van der Waals surface area contributed by atoms with Crippen LogP contribution in [0, 0.1) is 5.92 Å². The third-order valence-electron chi connectivity index (χ3n) is 4.13. The number of nitrogens with zero attached hydrogens (tertiary/aromatic N) is 2. The minimum atomic E-state index is -0.0109. The Morgan fingerprint density at radius 3 is 3.00 bits per heavy atom. The number of hydrogen-bond donors (Lipinski definition) is 1. The number of pyridine rings is 1. The Morgan fingerprint density at radius 1 is 1.30 bits per heavy atom. The summed E-state index contributed by atoms with van der Waals surface area (Å²) < 4.78 is 1.57. The van der Waals surface area contributed by atoms with Crippen LogP contribution >= 0.6 is 0 Å². The van der Waals surface area contributed by atoms with Gasteiger partial charge in [-0.2, -0.15) is 0 Å². The molecule has 0 saturated heterocycles. The topological polar surface area (TPSA) is 46.4 Å². The van der Waals surface area contributed by atoms with Gasteiger partial charge in [0.05, 0.1) is 5.69 Å². The largest absolute Gasteiger partial charge is 0.311 e. The summed E-state index contributed by atoms with van der Waals surface area (Å²) in [7, 11) is 0. The summed E-state index contributed by atoms with van der Waals surface area (Å²) in [6.45, 7) is 1.69. The Hall–Kier alpha value is -1.68. The molecule has 1 aliphatic carbocycles. The van der Waals surface area contributed by atoms with Crippen molar-refractivity contribution < 1.29 is 0 Å². The highest BCUT2D eigenvalue weighted by Crippen LogP contribution is 2.26. The van der Waals surface area contributed by atoms with Crippen LogP contribution < -0.4 is 10.9 Å². The van der Waals surface area contributed by atoms with E-state index in [9.17, 15) is 4.79 Å². The third kappa shape index (κ3) is 3.07. The van der Waals surface area contributed by atoms with Crippen LogP contribution in [0.1, 0.15) is 37.8 Å². The molecule has 0 amide bonds. The van der Waals surface area contributed by atoms with E-state index in [1.807, 2.05) is 18.2 Å². The lowest BCUT2D eigenvalue weighted by Gasteiger charge is -2.09. The van der Waals surface area contributed by atoms with Crippen molar-refractivity contribution in [2.75, 3.05) is 6.54 Å². The standard InChI is InChI=1S/C16H21N3O/c20-16-11-14(18-15-7-3-4-10-19(15)16)12-17-9-8-13-5-1-2-6-13/h3-4,7,10-11,13,17H,1-2,5-6,8-9,12H2. The van der Waals surface area contributed by atoms with Gasteiger partial charge in [0, 0.05) is 18.8 Å². The van der Waals surface area contributed by atoms with Crippen molar-refractivity contribution in [1.82, 2.24) is 14.7 Å². The van der Waals surface area contributed by atoms with Crippen LogP contribution in [-0.2, 0) is 6.54 Å². The number of fused-ring (bicyclic) bond motifs is 1. The Morgan fingerprint density at radius 2 is 2.15 bits per heavy atom. The summed E-state index contributed by atoms with van der Waals surface area (Å²) in [6, 6.07) is 7.23. The first kappa shape index (κ1) is 13.3. The van der Waals surface area contributed by atoms with Crippen LogP contribution in [0.2, 0.25) is 0 Å². The molecule has 106 valence electrons. The fourth-order valence-electron chi connectivity index (χ4n) is 3.02. The van der Waals surface area contributed by atoms with Gasteiger partial charge in [0.15, 0.2) is 0 Å². The maximum absolute atomic E-state index is 11.9. The molecule has 1 N–H and O–H groups in total. The normalized spacial score (nSPS) is 16.0. The van der Waals surface area contributed by atoms with Crippen molar-refractivity contribution in [1.29, 1.82) is 0 Å². The van der Waals surface area contributed by atoms with Crippen molar-refractivity contribution in [3.63, 3.8) is 0 Å². The molecule has 2 aromatic rings. The van der Waals surface area contributed by atoms with Gasteiger partial charge in [-0.15, -0.1) is 0 Å². The van der Waals surface area contributed by atoms with Crippen LogP contribution in [0.3, 0.4) is 0 Å². The highest BCUT2D eigenvalue weighted by molar-refractivity contribution is 5.37. The molecule has 1 fully saturated rings. The Kier molecular flexibility index (Phi) is 4.11. The molecule has 0 atom stereocenters. The van der Waals surface area contributed by atoms with Crippen LogP contribution in [0.25, 0.3) is 5.65 Å². The lowest BCUT2D eigenvalue weighted by atomic mass is 10.0. The molecule has 0 aliphatic heterocycles. The Labute approximate surface area is 118 Å². The van der Waals surface area contributed by atoms with Gasteiger partial charge >= 0.3 is 0 Å². The van der Waals surface area contributed by atoms with Crippen molar-refractivity contribution in [3.05, 3.63) is 46.5 Å². The number of aromatic nitrogens is 2. The molecule has 0 bridgehead atoms. The summed E-state index contributed by atoms with van der Waals surface area (Å²) in [6.07, 6.45) is 8.56. The van der Waals surface area contributed by atoms with E-state index in [2.05, 4.69) is 10.3 Å². The van der Waals surface area contributed by atoms with E-state index >= 15 is 0 Å². The molecular formula is C16H21N3O. The summed E-state index contributed by atoms with van der Waals surface area (Å²) in [5.41, 5.74) is 1.53. The third-order valence-corrected chi connectivity index (χ3v) is 4.13. The van der Waals surface area contributed by atoms with Gasteiger partial charge < -0.3 is 5.32 Å². The van der Waals surface area contributed by atoms with Gasteiger partial charge in [-0.05, 0) is 31.0 Å². The molecule has 1 aliphatic rings. The predicted molar refractivity (Wildman–Crippen MR) is 79.7 cm³/mol. The number of nitrogens with one attached hydrogen (secondary N) is 1. The second kappa shape index (κ2) is 6.18. The van der Waals surface area contributed by atoms with E-state index < -0.39 is 0 Å². The molecule has 20 heavy (non-hydrogen) atoms. The van der Waals surface area contributed by atoms with Crippen molar-refractivity contribution in [3.8, 4) is 0 Å². The predicted octanol–water partition coefficient (Wildman–Crippen LogP) is 2.36. The van der Waals surface area contributed by atoms with Gasteiger partial charge in [0.2, 0.25) is 0 Å². The average Bonchev–Trinajstić information content (AvgIpc) is 2.97. The van der Waals surface area contributed by atoms with Crippen molar-refractivity contribution in [2.45, 2.75) is 38.6 Å².